The first kappa shape index (κ1) is 29.2. The number of rotatable bonds is 10. The Balaban J connectivity index is 3.45. The molecule has 1 heterocycles. The van der Waals surface area contributed by atoms with Crippen molar-refractivity contribution in [2.24, 2.45) is 0 Å². The molecule has 0 aromatic carbocycles. The molecule has 1 aliphatic rings. The summed E-state index contributed by atoms with van der Waals surface area (Å²) in [5.41, 5.74) is 0. The van der Waals surface area contributed by atoms with Crippen LogP contribution in [0, 0.1) is 0 Å². The Morgan fingerprint density at radius 3 is 1.58 bits per heavy atom. The fourth-order valence-electron chi connectivity index (χ4n) is 3.31. The Morgan fingerprint density at radius 1 is 0.742 bits per heavy atom. The highest BCUT2D eigenvalue weighted by molar-refractivity contribution is 6.71. The molecule has 0 radical (unpaired) electrons. The zero-order valence-electron chi connectivity index (χ0n) is 22.0. The van der Waals surface area contributed by atoms with Crippen LogP contribution in [0.4, 0.5) is 0 Å². The van der Waals surface area contributed by atoms with E-state index in [0.29, 0.717) is 6.61 Å². The van der Waals surface area contributed by atoms with Gasteiger partial charge in [-0.3, -0.25) is 4.79 Å². The van der Waals surface area contributed by atoms with Gasteiger partial charge in [-0.1, -0.05) is 0 Å². The number of nitrogens with one attached hydrogen (secondary N) is 1. The second-order valence-electron chi connectivity index (χ2n) is 12.3. The summed E-state index contributed by atoms with van der Waals surface area (Å²) in [7, 11) is -7.67. The van der Waals surface area contributed by atoms with E-state index in [9.17, 15) is 4.79 Å². The minimum Gasteiger partial charge on any atom is -0.415 e. The summed E-state index contributed by atoms with van der Waals surface area (Å²) in [5, 5.41) is 3.07. The fourth-order valence-corrected chi connectivity index (χ4v) is 7.07. The van der Waals surface area contributed by atoms with Gasteiger partial charge in [0.25, 0.3) is 0 Å². The summed E-state index contributed by atoms with van der Waals surface area (Å²) in [6, 6.07) is -0.444. The maximum Gasteiger partial charge on any atom is 0.217 e. The summed E-state index contributed by atoms with van der Waals surface area (Å²) >= 11 is 0. The van der Waals surface area contributed by atoms with Gasteiger partial charge in [-0.2, -0.15) is 0 Å². The number of hydrogen-bond donors (Lipinski definition) is 1. The van der Waals surface area contributed by atoms with E-state index in [1.54, 1.807) is 0 Å². The Kier molecular flexibility index (Phi) is 9.97. The third-order valence-electron chi connectivity index (χ3n) is 4.15. The lowest BCUT2D eigenvalue weighted by atomic mass is 9.97. The van der Waals surface area contributed by atoms with Crippen LogP contribution in [0.15, 0.2) is 0 Å². The van der Waals surface area contributed by atoms with Crippen molar-refractivity contribution in [3.05, 3.63) is 0 Å². The van der Waals surface area contributed by atoms with Gasteiger partial charge in [0.05, 0.1) is 12.7 Å². The van der Waals surface area contributed by atoms with Gasteiger partial charge in [0, 0.05) is 6.92 Å². The second kappa shape index (κ2) is 10.6. The van der Waals surface area contributed by atoms with Crippen LogP contribution in [0.25, 0.3) is 0 Å². The molecule has 1 fully saturated rings. The zero-order valence-corrected chi connectivity index (χ0v) is 26.0. The molecule has 5 atom stereocenters. The summed E-state index contributed by atoms with van der Waals surface area (Å²) in [6.07, 6.45) is -1.64. The lowest BCUT2D eigenvalue weighted by Gasteiger charge is -2.50. The van der Waals surface area contributed by atoms with Gasteiger partial charge >= 0.3 is 0 Å². The van der Waals surface area contributed by atoms with E-state index in [1.807, 2.05) is 0 Å². The van der Waals surface area contributed by atoms with E-state index in [1.165, 1.54) is 6.92 Å². The average Bonchev–Trinajstić information content (AvgIpc) is 2.46. The first-order valence-corrected chi connectivity index (χ1v) is 24.9. The number of hydrogen-bond acceptors (Lipinski definition) is 6. The number of carbonyl (C=O) groups is 1. The Labute approximate surface area is 194 Å². The highest BCUT2D eigenvalue weighted by Gasteiger charge is 2.51. The smallest absolute Gasteiger partial charge is 0.217 e. The molecule has 1 N–H and O–H groups in total. The monoisotopic (exact) mass is 509 g/mol. The van der Waals surface area contributed by atoms with Gasteiger partial charge in [-0.25, -0.2) is 0 Å². The van der Waals surface area contributed by atoms with E-state index < -0.39 is 45.6 Å². The van der Waals surface area contributed by atoms with E-state index in [4.69, 9.17) is 22.4 Å². The van der Waals surface area contributed by atoms with Crippen LogP contribution in [-0.2, 0) is 27.2 Å². The SMILES string of the molecule is CC(=O)N[C@H]1[C@@H](O[Si](C)(C)C)O[C@H](CO[Si](C)(C)C)[C@@H](O[Si](C)(C)C)[C@@H]1O[Si](C)(C)C. The molecular weight excluding hydrogens is 463 g/mol. The molecule has 11 heteroatoms. The lowest BCUT2D eigenvalue weighted by molar-refractivity contribution is -0.238. The topological polar surface area (TPSA) is 75.3 Å². The number of carbonyl (C=O) groups excluding carboxylic acids is 1. The van der Waals surface area contributed by atoms with Gasteiger partial charge in [-0.05, 0) is 78.6 Å². The molecule has 1 saturated heterocycles. The third kappa shape index (κ3) is 11.7. The molecule has 1 amide bonds. The van der Waals surface area contributed by atoms with Crippen molar-refractivity contribution in [2.75, 3.05) is 6.61 Å². The Morgan fingerprint density at radius 2 is 1.19 bits per heavy atom. The van der Waals surface area contributed by atoms with E-state index in [-0.39, 0.29) is 24.2 Å². The molecule has 184 valence electrons. The summed E-state index contributed by atoms with van der Waals surface area (Å²) in [6.45, 7) is 27.7. The summed E-state index contributed by atoms with van der Waals surface area (Å²) in [4.78, 5) is 12.2. The Hall–Kier alpha value is 0.138. The predicted octanol–water partition coefficient (Wildman–Crippen LogP) is 4.36. The van der Waals surface area contributed by atoms with Crippen LogP contribution >= 0.6 is 0 Å². The zero-order chi connectivity index (χ0) is 24.4. The third-order valence-corrected chi connectivity index (χ3v) is 8.08. The van der Waals surface area contributed by atoms with Crippen molar-refractivity contribution >= 4 is 39.2 Å². The van der Waals surface area contributed by atoms with E-state index >= 15 is 0 Å². The van der Waals surface area contributed by atoms with Crippen molar-refractivity contribution in [1.82, 2.24) is 5.32 Å². The molecule has 1 aliphatic heterocycles. The van der Waals surface area contributed by atoms with Crippen molar-refractivity contribution in [3.8, 4) is 0 Å². The molecular formula is C20H47NO6Si4. The standard InChI is InChI=1S/C20H47NO6Si4/c1-15(22)21-17-19(26-30(8,9)10)18(25-29(5,6)7)16(14-23-28(2,3)4)24-20(17)27-31(11,12)13/h16-20H,14H2,1-13H3,(H,21,22)/t16-,17-,18-,19-,20-/m1/s1. The van der Waals surface area contributed by atoms with Crippen LogP contribution < -0.4 is 5.32 Å². The molecule has 0 spiro atoms. The highest BCUT2D eigenvalue weighted by atomic mass is 28.4. The van der Waals surface area contributed by atoms with Crippen LogP contribution in [0.3, 0.4) is 0 Å². The quantitative estimate of drug-likeness (QED) is 0.441. The average molecular weight is 510 g/mol. The van der Waals surface area contributed by atoms with Crippen LogP contribution in [0.2, 0.25) is 78.6 Å². The first-order valence-electron chi connectivity index (χ1n) is 11.3. The van der Waals surface area contributed by atoms with E-state index in [0.717, 1.165) is 0 Å². The molecule has 0 aromatic heterocycles. The molecule has 31 heavy (non-hydrogen) atoms. The minimum atomic E-state index is -1.98. The maximum atomic E-state index is 12.2. The summed E-state index contributed by atoms with van der Waals surface area (Å²) < 4.78 is 32.5. The van der Waals surface area contributed by atoms with Crippen molar-refractivity contribution < 1.29 is 27.2 Å². The molecule has 0 aromatic rings. The fraction of sp³-hybridized carbons (Fsp3) is 0.950. The van der Waals surface area contributed by atoms with Gasteiger partial charge in [0.1, 0.15) is 18.2 Å². The highest BCUT2D eigenvalue weighted by Crippen LogP contribution is 2.32. The van der Waals surface area contributed by atoms with Gasteiger partial charge in [0.15, 0.2) is 39.6 Å². The predicted molar refractivity (Wildman–Crippen MR) is 136 cm³/mol. The summed E-state index contributed by atoms with van der Waals surface area (Å²) in [5.74, 6) is -0.134. The van der Waals surface area contributed by atoms with Crippen molar-refractivity contribution in [1.29, 1.82) is 0 Å². The number of amides is 1. The maximum absolute atomic E-state index is 12.2. The van der Waals surface area contributed by atoms with Crippen LogP contribution in [0.1, 0.15) is 6.92 Å². The van der Waals surface area contributed by atoms with Crippen LogP contribution in [0.5, 0.6) is 0 Å². The van der Waals surface area contributed by atoms with Gasteiger partial charge in [0.2, 0.25) is 5.91 Å². The number of ether oxygens (including phenoxy) is 1. The first-order chi connectivity index (χ1) is 13.7. The van der Waals surface area contributed by atoms with Crippen molar-refractivity contribution in [3.63, 3.8) is 0 Å². The van der Waals surface area contributed by atoms with Gasteiger partial charge in [-0.15, -0.1) is 0 Å². The largest absolute Gasteiger partial charge is 0.415 e. The molecule has 0 aliphatic carbocycles. The molecule has 0 saturated carbocycles. The minimum absolute atomic E-state index is 0.134. The normalized spacial score (nSPS) is 28.5. The molecule has 0 bridgehead atoms. The molecule has 1 rings (SSSR count). The van der Waals surface area contributed by atoms with Gasteiger partial charge < -0.3 is 27.8 Å². The lowest BCUT2D eigenvalue weighted by Crippen LogP contribution is -2.69. The van der Waals surface area contributed by atoms with E-state index in [2.05, 4.69) is 83.9 Å². The van der Waals surface area contributed by atoms with Crippen LogP contribution in [-0.4, -0.2) is 76.4 Å². The molecule has 7 nitrogen and oxygen atoms in total. The molecule has 0 unspecified atom stereocenters. The second-order valence-corrected chi connectivity index (χ2v) is 30.2. The van der Waals surface area contributed by atoms with Crippen molar-refractivity contribution in [2.45, 2.75) is 116 Å². The Bertz CT molecular complexity index is 594.